The number of nitrogens with one attached hydrogen (secondary N) is 2. The van der Waals surface area contributed by atoms with Gasteiger partial charge in [0.25, 0.3) is 5.91 Å². The number of carbonyl (C=O) groups is 4. The molecule has 3 fully saturated rings. The Bertz CT molecular complexity index is 1110. The molecule has 1 aromatic heterocycles. The van der Waals surface area contributed by atoms with Crippen LogP contribution in [0.5, 0.6) is 0 Å². The van der Waals surface area contributed by atoms with Crippen LogP contribution in [0.1, 0.15) is 53.9 Å². The molecule has 2 N–H and O–H groups in total. The number of nitrogens with zero attached hydrogens (tertiary/aromatic N) is 2. The van der Waals surface area contributed by atoms with E-state index < -0.39 is 48.6 Å². The van der Waals surface area contributed by atoms with Crippen molar-refractivity contribution in [3.8, 4) is 0 Å². The van der Waals surface area contributed by atoms with Crippen LogP contribution in [0, 0.1) is 17.8 Å². The van der Waals surface area contributed by atoms with Gasteiger partial charge in [-0.05, 0) is 37.5 Å². The molecule has 4 heterocycles. The van der Waals surface area contributed by atoms with Crippen LogP contribution in [-0.2, 0) is 36.9 Å². The number of Topliss-reactive ketones (excluding diaryl/α,β-unsaturated/α-hetero) is 1. The number of likely N-dealkylation sites (tertiary alicyclic amines) is 1. The lowest BCUT2D eigenvalue weighted by molar-refractivity contribution is -0.321. The highest BCUT2D eigenvalue weighted by molar-refractivity contribution is 5.99. The Morgan fingerprint density at radius 1 is 1.24 bits per heavy atom. The number of aromatic nitrogens is 1. The first-order valence-corrected chi connectivity index (χ1v) is 12.8. The summed E-state index contributed by atoms with van der Waals surface area (Å²) in [5.74, 6) is -2.66. The van der Waals surface area contributed by atoms with Gasteiger partial charge in [-0.1, -0.05) is 11.6 Å². The van der Waals surface area contributed by atoms with E-state index in [2.05, 4.69) is 20.5 Å². The number of hydrogen-bond donors (Lipinski definition) is 2. The number of amides is 3. The smallest absolute Gasteiger partial charge is 0.376 e. The summed E-state index contributed by atoms with van der Waals surface area (Å²) in [5, 5.41) is 9.13. The number of fused-ring (bicyclic) bond motifs is 2. The van der Waals surface area contributed by atoms with E-state index in [-0.39, 0.29) is 36.5 Å². The lowest BCUT2D eigenvalue weighted by Gasteiger charge is -2.29. The van der Waals surface area contributed by atoms with Crippen molar-refractivity contribution in [1.29, 1.82) is 0 Å². The Morgan fingerprint density at radius 3 is 2.79 bits per heavy atom. The second-order valence-electron chi connectivity index (χ2n) is 10.3. The monoisotopic (exact) mass is 542 g/mol. The molecule has 0 aromatic carbocycles. The third-order valence-electron chi connectivity index (χ3n) is 7.98. The van der Waals surface area contributed by atoms with E-state index in [1.807, 2.05) is 0 Å². The van der Waals surface area contributed by atoms with Crippen LogP contribution in [0.15, 0.2) is 4.52 Å². The average molecular weight is 543 g/mol. The van der Waals surface area contributed by atoms with E-state index in [1.165, 1.54) is 4.90 Å². The summed E-state index contributed by atoms with van der Waals surface area (Å²) in [6.45, 7) is -0.00611. The van der Waals surface area contributed by atoms with Crippen LogP contribution in [0.3, 0.4) is 0 Å². The fourth-order valence-electron chi connectivity index (χ4n) is 6.12. The van der Waals surface area contributed by atoms with E-state index in [0.29, 0.717) is 50.3 Å². The molecular formula is C24H29F3N4O7. The van der Waals surface area contributed by atoms with Gasteiger partial charge in [-0.2, -0.15) is 0 Å². The second-order valence-corrected chi connectivity index (χ2v) is 10.3. The number of hydrogen-bond acceptors (Lipinski definition) is 8. The van der Waals surface area contributed by atoms with Crippen molar-refractivity contribution in [2.75, 3.05) is 26.3 Å². The van der Waals surface area contributed by atoms with Gasteiger partial charge >= 0.3 is 6.36 Å². The summed E-state index contributed by atoms with van der Waals surface area (Å²) < 4.78 is 52.3. The Labute approximate surface area is 215 Å². The summed E-state index contributed by atoms with van der Waals surface area (Å²) in [4.78, 5) is 53.5. The van der Waals surface area contributed by atoms with Crippen LogP contribution in [0.2, 0.25) is 0 Å². The van der Waals surface area contributed by atoms with Gasteiger partial charge in [0.2, 0.25) is 11.8 Å². The quantitative estimate of drug-likeness (QED) is 0.498. The van der Waals surface area contributed by atoms with Crippen molar-refractivity contribution in [2.45, 2.75) is 63.6 Å². The first kappa shape index (κ1) is 26.6. The number of rotatable bonds is 8. The minimum absolute atomic E-state index is 0.0667. The molecule has 11 nitrogen and oxygen atoms in total. The maximum atomic E-state index is 13.6. The molecule has 5 rings (SSSR count). The highest BCUT2D eigenvalue weighted by Gasteiger charge is 2.51. The minimum Gasteiger partial charge on any atom is -0.376 e. The third kappa shape index (κ3) is 5.41. The topological polar surface area (TPSA) is 140 Å². The Morgan fingerprint density at radius 2 is 2.05 bits per heavy atom. The highest BCUT2D eigenvalue weighted by Crippen LogP contribution is 2.43. The summed E-state index contributed by atoms with van der Waals surface area (Å²) in [6, 6.07) is -2.33. The summed E-state index contributed by atoms with van der Waals surface area (Å²) in [5.41, 5.74) is 0.619. The van der Waals surface area contributed by atoms with Gasteiger partial charge < -0.3 is 24.8 Å². The highest BCUT2D eigenvalue weighted by atomic mass is 19.4. The number of alkyl halides is 3. The van der Waals surface area contributed by atoms with E-state index in [1.54, 1.807) is 0 Å². The van der Waals surface area contributed by atoms with Crippen molar-refractivity contribution < 1.29 is 46.3 Å². The zero-order valence-electron chi connectivity index (χ0n) is 20.6. The molecule has 1 aliphatic carbocycles. The van der Waals surface area contributed by atoms with E-state index in [0.717, 1.165) is 12.8 Å². The standard InChI is InChI=1S/C24H29F3N4O7/c25-24(26,27)37-11-17(32)16(8-12-4-6-28-21(12)33)29-22(34)20-14-3-1-2-13(14)9-31(20)23(35)19-15-10-36-7-5-18(15)38-30-19/h12-14,16,20H,1-11H2,(H,28,33)(H,29,34)/t12-,13-,14-,16?,20-/m0/s1. The molecule has 0 bridgehead atoms. The lowest BCUT2D eigenvalue weighted by atomic mass is 9.92. The van der Waals surface area contributed by atoms with Gasteiger partial charge in [-0.3, -0.25) is 23.9 Å². The average Bonchev–Trinajstić information content (AvgIpc) is 3.65. The molecule has 0 spiro atoms. The first-order chi connectivity index (χ1) is 18.1. The van der Waals surface area contributed by atoms with Gasteiger partial charge in [0.1, 0.15) is 18.4 Å². The molecule has 208 valence electrons. The van der Waals surface area contributed by atoms with Crippen LogP contribution < -0.4 is 10.6 Å². The first-order valence-electron chi connectivity index (χ1n) is 12.8. The van der Waals surface area contributed by atoms with Crippen LogP contribution >= 0.6 is 0 Å². The molecule has 2 saturated heterocycles. The lowest BCUT2D eigenvalue weighted by Crippen LogP contribution is -2.54. The number of halogens is 3. The minimum atomic E-state index is -5.03. The largest absolute Gasteiger partial charge is 0.522 e. The van der Waals surface area contributed by atoms with E-state index in [4.69, 9.17) is 9.26 Å². The zero-order valence-corrected chi connectivity index (χ0v) is 20.6. The maximum absolute atomic E-state index is 13.6. The SMILES string of the molecule is O=C(COC(F)(F)F)C(C[C@@H]1CCNC1=O)NC(=O)[C@@H]1[C@H]2CCC[C@H]2CN1C(=O)c1noc2c1COCC2. The van der Waals surface area contributed by atoms with E-state index in [9.17, 15) is 32.3 Å². The fourth-order valence-corrected chi connectivity index (χ4v) is 6.12. The molecule has 14 heteroatoms. The third-order valence-corrected chi connectivity index (χ3v) is 7.98. The molecular weight excluding hydrogens is 513 g/mol. The Hall–Kier alpha value is -3.00. The summed E-state index contributed by atoms with van der Waals surface area (Å²) >= 11 is 0. The van der Waals surface area contributed by atoms with Crippen molar-refractivity contribution in [3.05, 3.63) is 17.0 Å². The van der Waals surface area contributed by atoms with Crippen molar-refractivity contribution in [2.24, 2.45) is 17.8 Å². The fraction of sp³-hybridized carbons (Fsp3) is 0.708. The van der Waals surface area contributed by atoms with Crippen LogP contribution in [0.4, 0.5) is 13.2 Å². The molecule has 3 amide bonds. The molecule has 5 atom stereocenters. The maximum Gasteiger partial charge on any atom is 0.522 e. The number of carbonyl (C=O) groups excluding carboxylic acids is 4. The number of ether oxygens (including phenoxy) is 2. The van der Waals surface area contributed by atoms with Gasteiger partial charge in [-0.25, -0.2) is 0 Å². The predicted molar refractivity (Wildman–Crippen MR) is 120 cm³/mol. The zero-order chi connectivity index (χ0) is 27.0. The molecule has 1 aromatic rings. The molecule has 38 heavy (non-hydrogen) atoms. The summed E-state index contributed by atoms with van der Waals surface area (Å²) in [7, 11) is 0. The van der Waals surface area contributed by atoms with Gasteiger partial charge in [-0.15, -0.1) is 13.2 Å². The van der Waals surface area contributed by atoms with E-state index >= 15 is 0 Å². The van der Waals surface area contributed by atoms with Gasteiger partial charge in [0, 0.05) is 25.4 Å². The van der Waals surface area contributed by atoms with Crippen molar-refractivity contribution in [1.82, 2.24) is 20.7 Å². The Balaban J connectivity index is 1.36. The normalized spacial score (nSPS) is 27.6. The van der Waals surface area contributed by atoms with Gasteiger partial charge in [0.05, 0.1) is 24.8 Å². The van der Waals surface area contributed by atoms with Crippen LogP contribution in [0.25, 0.3) is 0 Å². The number of ketones is 1. The summed E-state index contributed by atoms with van der Waals surface area (Å²) in [6.07, 6.45) is -1.95. The molecule has 4 aliphatic rings. The molecule has 3 aliphatic heterocycles. The molecule has 1 saturated carbocycles. The van der Waals surface area contributed by atoms with Crippen LogP contribution in [-0.4, -0.2) is 78.3 Å². The van der Waals surface area contributed by atoms with Gasteiger partial charge in [0.15, 0.2) is 11.5 Å². The second kappa shape index (κ2) is 10.6. The predicted octanol–water partition coefficient (Wildman–Crippen LogP) is 1.10. The van der Waals surface area contributed by atoms with Crippen molar-refractivity contribution in [3.63, 3.8) is 0 Å². The Kier molecular flexibility index (Phi) is 7.45. The molecule has 0 radical (unpaired) electrons. The van der Waals surface area contributed by atoms with Crippen molar-refractivity contribution >= 4 is 23.5 Å². The molecule has 1 unspecified atom stereocenters.